The number of benzene rings is 1. The van der Waals surface area contributed by atoms with Gasteiger partial charge in [-0.2, -0.15) is 4.31 Å². The van der Waals surface area contributed by atoms with Crippen molar-refractivity contribution in [3.8, 4) is 5.75 Å². The van der Waals surface area contributed by atoms with E-state index in [0.29, 0.717) is 11.1 Å². The lowest BCUT2D eigenvalue weighted by molar-refractivity contribution is 0.227. The van der Waals surface area contributed by atoms with E-state index < -0.39 is 26.5 Å². The second-order valence-electron chi connectivity index (χ2n) is 8.01. The first kappa shape index (κ1) is 22.4. The highest BCUT2D eigenvalue weighted by molar-refractivity contribution is 7.60. The Morgan fingerprint density at radius 3 is 1.60 bits per heavy atom. The zero-order valence-corrected chi connectivity index (χ0v) is 17.5. The Morgan fingerprint density at radius 1 is 0.920 bits per heavy atom. The normalized spacial score (nSPS) is 15.8. The first-order valence-corrected chi connectivity index (χ1v) is 11.0. The van der Waals surface area contributed by atoms with Gasteiger partial charge in [-0.25, -0.2) is 9.13 Å². The molecule has 3 N–H and O–H groups in total. The molecule has 9 heteroatoms. The molecule has 1 unspecified atom stereocenters. The third-order valence-corrected chi connectivity index (χ3v) is 5.68. The van der Waals surface area contributed by atoms with Gasteiger partial charge in [-0.05, 0) is 22.8 Å². The topological polar surface area (TPSA) is 113 Å². The van der Waals surface area contributed by atoms with Crippen molar-refractivity contribution in [3.05, 3.63) is 28.8 Å². The second-order valence-corrected chi connectivity index (χ2v) is 10.8. The van der Waals surface area contributed by atoms with Crippen molar-refractivity contribution in [1.82, 2.24) is 0 Å². The van der Waals surface area contributed by atoms with E-state index in [0.717, 1.165) is 12.0 Å². The minimum Gasteiger partial charge on any atom is -0.403 e. The van der Waals surface area contributed by atoms with Crippen molar-refractivity contribution in [2.75, 3.05) is 0 Å². The Morgan fingerprint density at radius 2 is 1.32 bits per heavy atom. The first-order valence-electron chi connectivity index (χ1n) is 7.93. The number of rotatable bonds is 5. The van der Waals surface area contributed by atoms with Crippen molar-refractivity contribution in [3.63, 3.8) is 0 Å². The third kappa shape index (κ3) is 6.52. The zero-order valence-electron chi connectivity index (χ0n) is 15.7. The Hall–Kier alpha value is -0.680. The summed E-state index contributed by atoms with van der Waals surface area (Å²) in [7, 11) is -10.2. The Kier molecular flexibility index (Phi) is 6.39. The zero-order chi connectivity index (χ0) is 19.8. The van der Waals surface area contributed by atoms with Crippen LogP contribution in [0.5, 0.6) is 5.75 Å². The van der Waals surface area contributed by atoms with Gasteiger partial charge in [-0.3, -0.25) is 4.89 Å². The molecule has 0 amide bonds. The molecule has 0 aliphatic carbocycles. The van der Waals surface area contributed by atoms with Crippen LogP contribution in [0.25, 0.3) is 0 Å². The standard InChI is InChI=1S/C16H28O7P2/c1-8-11-9-12(15(2,3)4)14(13(10-11)16(5,6)7)22-25(20,21)23-24(17,18)19/h9-10H,8H2,1-7H3,(H,20,21)(H2,17,18,19). The van der Waals surface area contributed by atoms with Crippen LogP contribution in [0.15, 0.2) is 12.1 Å². The average Bonchev–Trinajstić information content (AvgIpc) is 2.32. The largest absolute Gasteiger partial charge is 0.536 e. The quantitative estimate of drug-likeness (QED) is 0.633. The van der Waals surface area contributed by atoms with Crippen LogP contribution in [-0.4, -0.2) is 14.7 Å². The lowest BCUT2D eigenvalue weighted by Crippen LogP contribution is -2.20. The highest BCUT2D eigenvalue weighted by atomic mass is 31.3. The number of hydrogen-bond acceptors (Lipinski definition) is 4. The molecular formula is C16H28O7P2. The molecule has 0 radical (unpaired) electrons. The maximum Gasteiger partial charge on any atom is 0.536 e. The van der Waals surface area contributed by atoms with Crippen LogP contribution in [0.3, 0.4) is 0 Å². The summed E-state index contributed by atoms with van der Waals surface area (Å²) in [4.78, 5) is 27.5. The molecule has 0 aliphatic rings. The lowest BCUT2D eigenvalue weighted by atomic mass is 9.78. The van der Waals surface area contributed by atoms with Crippen LogP contribution in [0.2, 0.25) is 0 Å². The molecule has 0 aromatic heterocycles. The van der Waals surface area contributed by atoms with Gasteiger partial charge in [-0.1, -0.05) is 60.6 Å². The summed E-state index contributed by atoms with van der Waals surface area (Å²) in [5, 5.41) is 0. The molecule has 7 nitrogen and oxygen atoms in total. The van der Waals surface area contributed by atoms with Gasteiger partial charge >= 0.3 is 15.6 Å². The van der Waals surface area contributed by atoms with Gasteiger partial charge < -0.3 is 14.3 Å². The van der Waals surface area contributed by atoms with Gasteiger partial charge in [0.15, 0.2) is 0 Å². The maximum atomic E-state index is 12.1. The van der Waals surface area contributed by atoms with E-state index in [4.69, 9.17) is 14.3 Å². The number of aryl methyl sites for hydroxylation is 1. The van der Waals surface area contributed by atoms with E-state index in [-0.39, 0.29) is 5.75 Å². The first-order chi connectivity index (χ1) is 11.0. The van der Waals surface area contributed by atoms with E-state index in [9.17, 15) is 14.0 Å². The number of hydrogen-bond donors (Lipinski definition) is 3. The van der Waals surface area contributed by atoms with Gasteiger partial charge in [0.2, 0.25) is 0 Å². The van der Waals surface area contributed by atoms with Crippen molar-refractivity contribution in [2.45, 2.75) is 65.7 Å². The molecule has 0 saturated heterocycles. The number of phosphoric ester groups is 1. The van der Waals surface area contributed by atoms with Gasteiger partial charge in [0.25, 0.3) is 0 Å². The monoisotopic (exact) mass is 394 g/mol. The van der Waals surface area contributed by atoms with Gasteiger partial charge in [0.05, 0.1) is 0 Å². The maximum absolute atomic E-state index is 12.1. The van der Waals surface area contributed by atoms with Crippen molar-refractivity contribution >= 4 is 15.6 Å². The summed E-state index contributed by atoms with van der Waals surface area (Å²) < 4.78 is 32.3. The van der Waals surface area contributed by atoms with Crippen LogP contribution in [0.4, 0.5) is 0 Å². The molecule has 0 heterocycles. The molecule has 1 rings (SSSR count). The summed E-state index contributed by atoms with van der Waals surface area (Å²) >= 11 is 0. The predicted molar refractivity (Wildman–Crippen MR) is 96.8 cm³/mol. The van der Waals surface area contributed by atoms with E-state index in [1.54, 1.807) is 0 Å². The smallest absolute Gasteiger partial charge is 0.403 e. The van der Waals surface area contributed by atoms with Crippen LogP contribution in [0, 0.1) is 0 Å². The summed E-state index contributed by atoms with van der Waals surface area (Å²) in [5.41, 5.74) is 1.51. The molecule has 144 valence electrons. The highest BCUT2D eigenvalue weighted by Crippen LogP contribution is 2.59. The Bertz CT molecular complexity index is 688. The molecule has 25 heavy (non-hydrogen) atoms. The van der Waals surface area contributed by atoms with Gasteiger partial charge in [-0.15, -0.1) is 0 Å². The fourth-order valence-electron chi connectivity index (χ4n) is 2.37. The van der Waals surface area contributed by atoms with Crippen molar-refractivity contribution < 1.29 is 32.6 Å². The van der Waals surface area contributed by atoms with Crippen LogP contribution in [-0.2, 0) is 30.7 Å². The lowest BCUT2D eigenvalue weighted by Gasteiger charge is -2.31. The summed E-state index contributed by atoms with van der Waals surface area (Å²) in [6.45, 7) is 13.5. The summed E-state index contributed by atoms with van der Waals surface area (Å²) in [5.74, 6) is 0.122. The average molecular weight is 394 g/mol. The van der Waals surface area contributed by atoms with Crippen LogP contribution in [0.1, 0.15) is 65.2 Å². The van der Waals surface area contributed by atoms with Crippen LogP contribution < -0.4 is 4.52 Å². The highest BCUT2D eigenvalue weighted by Gasteiger charge is 2.37. The Labute approximate surface area is 149 Å². The van der Waals surface area contributed by atoms with Crippen molar-refractivity contribution in [2.24, 2.45) is 0 Å². The molecule has 1 aromatic rings. The molecular weight excluding hydrogens is 366 g/mol. The molecule has 0 bridgehead atoms. The van der Waals surface area contributed by atoms with E-state index in [1.807, 2.05) is 60.6 Å². The minimum atomic E-state index is -5.19. The van der Waals surface area contributed by atoms with Crippen molar-refractivity contribution in [1.29, 1.82) is 0 Å². The predicted octanol–water partition coefficient (Wildman–Crippen LogP) is 4.43. The minimum absolute atomic E-state index is 0.122. The molecule has 0 spiro atoms. The number of phosphoric acid groups is 2. The molecule has 1 aromatic carbocycles. The van der Waals surface area contributed by atoms with E-state index in [1.165, 1.54) is 0 Å². The van der Waals surface area contributed by atoms with E-state index in [2.05, 4.69) is 4.31 Å². The second kappa shape index (κ2) is 7.15. The Balaban J connectivity index is 3.65. The molecule has 1 atom stereocenters. The van der Waals surface area contributed by atoms with Gasteiger partial charge in [0, 0.05) is 11.1 Å². The summed E-state index contributed by atoms with van der Waals surface area (Å²) in [6, 6.07) is 3.75. The van der Waals surface area contributed by atoms with Gasteiger partial charge in [0.1, 0.15) is 5.75 Å². The fourth-order valence-corrected chi connectivity index (χ4v) is 4.01. The molecule has 0 fully saturated rings. The third-order valence-electron chi connectivity index (χ3n) is 3.59. The molecule has 0 saturated carbocycles. The summed E-state index contributed by atoms with van der Waals surface area (Å²) in [6.07, 6.45) is 0.766. The fraction of sp³-hybridized carbons (Fsp3) is 0.625. The SMILES string of the molecule is CCc1cc(C(C)(C)C)c(OP(=O)(O)OP(=O)(O)O)c(C(C)(C)C)c1. The van der Waals surface area contributed by atoms with E-state index >= 15 is 0 Å². The van der Waals surface area contributed by atoms with Crippen LogP contribution >= 0.6 is 15.6 Å². The molecule has 0 aliphatic heterocycles.